The number of rotatable bonds is 4. The second-order valence-corrected chi connectivity index (χ2v) is 4.36. The standard InChI is InChI=1S/C11H14N2O4S.K/c1-3-9(15)12(7(2)14)4-5-13-10(16)6-8(18)11(13)17;/h3,8,18H,1,4-6H2,2H3;/q;+1/p-1. The van der Waals surface area contributed by atoms with Crippen LogP contribution < -0.4 is 51.4 Å². The van der Waals surface area contributed by atoms with Crippen molar-refractivity contribution in [3.05, 3.63) is 12.7 Å². The monoisotopic (exact) mass is 308 g/mol. The molecule has 0 spiro atoms. The summed E-state index contributed by atoms with van der Waals surface area (Å²) < 4.78 is 0. The first-order valence-corrected chi connectivity index (χ1v) is 5.80. The van der Waals surface area contributed by atoms with Crippen LogP contribution in [0.3, 0.4) is 0 Å². The molecule has 1 fully saturated rings. The number of likely N-dealkylation sites (tertiary alicyclic amines) is 1. The van der Waals surface area contributed by atoms with Crippen LogP contribution in [-0.4, -0.2) is 51.8 Å². The van der Waals surface area contributed by atoms with Crippen LogP contribution in [0.15, 0.2) is 12.7 Å². The zero-order chi connectivity index (χ0) is 13.9. The predicted octanol–water partition coefficient (Wildman–Crippen LogP) is -3.77. The third-order valence-electron chi connectivity index (χ3n) is 2.57. The molecule has 1 heterocycles. The summed E-state index contributed by atoms with van der Waals surface area (Å²) in [7, 11) is 0. The van der Waals surface area contributed by atoms with Gasteiger partial charge in [0.15, 0.2) is 0 Å². The van der Waals surface area contributed by atoms with Crippen molar-refractivity contribution in [1.82, 2.24) is 9.80 Å². The van der Waals surface area contributed by atoms with E-state index in [2.05, 4.69) is 6.58 Å². The summed E-state index contributed by atoms with van der Waals surface area (Å²) >= 11 is 4.81. The van der Waals surface area contributed by atoms with Gasteiger partial charge in [-0.25, -0.2) is 0 Å². The third-order valence-corrected chi connectivity index (χ3v) is 2.94. The second kappa shape index (κ2) is 8.33. The van der Waals surface area contributed by atoms with Crippen LogP contribution in [0.25, 0.3) is 0 Å². The number of hydrogen-bond acceptors (Lipinski definition) is 5. The second-order valence-electron chi connectivity index (χ2n) is 3.79. The smallest absolute Gasteiger partial charge is 0.779 e. The molecule has 0 saturated carbocycles. The molecule has 4 amide bonds. The molecule has 0 aromatic heterocycles. The van der Waals surface area contributed by atoms with Crippen molar-refractivity contribution in [2.75, 3.05) is 13.1 Å². The molecule has 1 unspecified atom stereocenters. The molecule has 1 aliphatic rings. The summed E-state index contributed by atoms with van der Waals surface area (Å²) in [6.45, 7) is 4.44. The molecule has 1 saturated heterocycles. The van der Waals surface area contributed by atoms with Gasteiger partial charge in [-0.3, -0.25) is 29.0 Å². The van der Waals surface area contributed by atoms with Crippen molar-refractivity contribution in [2.24, 2.45) is 0 Å². The molecule has 1 aliphatic heterocycles. The van der Waals surface area contributed by atoms with Gasteiger partial charge in [0, 0.05) is 26.4 Å². The van der Waals surface area contributed by atoms with E-state index in [0.717, 1.165) is 15.9 Å². The van der Waals surface area contributed by atoms with Crippen LogP contribution in [-0.2, 0) is 31.8 Å². The Kier molecular flexibility index (Phi) is 8.33. The van der Waals surface area contributed by atoms with E-state index in [-0.39, 0.29) is 76.8 Å². The Morgan fingerprint density at radius 2 is 2.11 bits per heavy atom. The minimum Gasteiger partial charge on any atom is -0.779 e. The summed E-state index contributed by atoms with van der Waals surface area (Å²) in [6, 6.07) is 0. The van der Waals surface area contributed by atoms with Gasteiger partial charge in [0.2, 0.25) is 17.7 Å². The van der Waals surface area contributed by atoms with E-state index in [4.69, 9.17) is 12.6 Å². The van der Waals surface area contributed by atoms with Crippen LogP contribution in [0, 0.1) is 0 Å². The number of nitrogens with zero attached hydrogens (tertiary/aromatic N) is 2. The number of hydrogen-bond donors (Lipinski definition) is 0. The molecule has 0 radical (unpaired) electrons. The number of carbonyl (C=O) groups is 4. The maximum Gasteiger partial charge on any atom is 1.00 e. The fourth-order valence-electron chi connectivity index (χ4n) is 1.62. The Morgan fingerprint density at radius 1 is 1.53 bits per heavy atom. The quantitative estimate of drug-likeness (QED) is 0.231. The Hall–Kier alpha value is 0.00636. The van der Waals surface area contributed by atoms with E-state index >= 15 is 0 Å². The molecule has 0 aromatic carbocycles. The molecule has 1 atom stereocenters. The Balaban J connectivity index is 0.00000324. The van der Waals surface area contributed by atoms with Crippen molar-refractivity contribution < 1.29 is 70.6 Å². The third kappa shape index (κ3) is 4.80. The van der Waals surface area contributed by atoms with E-state index < -0.39 is 23.0 Å². The van der Waals surface area contributed by atoms with Crippen LogP contribution >= 0.6 is 0 Å². The summed E-state index contributed by atoms with van der Waals surface area (Å²) in [6.07, 6.45) is 1.01. The molecule has 0 bridgehead atoms. The van der Waals surface area contributed by atoms with E-state index in [1.54, 1.807) is 0 Å². The van der Waals surface area contributed by atoms with E-state index in [9.17, 15) is 19.2 Å². The fraction of sp³-hybridized carbons (Fsp3) is 0.455. The van der Waals surface area contributed by atoms with Crippen molar-refractivity contribution in [2.45, 2.75) is 18.6 Å². The summed E-state index contributed by atoms with van der Waals surface area (Å²) in [5, 5.41) is -0.738. The SMILES string of the molecule is C=CC(=O)N(CCN1C(=O)CC([S-])C1=O)C(C)=O.[K+]. The molecule has 1 rings (SSSR count). The normalized spacial score (nSPS) is 18.0. The minimum atomic E-state index is -0.738. The average Bonchev–Trinajstić information content (AvgIpc) is 2.54. The molecule has 8 heteroatoms. The van der Waals surface area contributed by atoms with Gasteiger partial charge in [-0.2, -0.15) is 0 Å². The largest absolute Gasteiger partial charge is 1.00 e. The average molecular weight is 308 g/mol. The minimum absolute atomic E-state index is 0. The number of carbonyl (C=O) groups excluding carboxylic acids is 4. The Labute approximate surface area is 159 Å². The Bertz CT molecular complexity index is 427. The number of imide groups is 2. The van der Waals surface area contributed by atoms with Crippen LogP contribution in [0.1, 0.15) is 13.3 Å². The molecular formula is C11H13KN2O4S. The van der Waals surface area contributed by atoms with Gasteiger partial charge in [0.25, 0.3) is 5.91 Å². The first-order valence-electron chi connectivity index (χ1n) is 5.33. The van der Waals surface area contributed by atoms with Crippen LogP contribution in [0.4, 0.5) is 0 Å². The maximum absolute atomic E-state index is 11.5. The summed E-state index contributed by atoms with van der Waals surface area (Å²) in [5.74, 6) is -1.83. The Morgan fingerprint density at radius 3 is 2.47 bits per heavy atom. The van der Waals surface area contributed by atoms with Gasteiger partial charge < -0.3 is 12.6 Å². The van der Waals surface area contributed by atoms with Gasteiger partial charge in [-0.15, -0.1) is 0 Å². The van der Waals surface area contributed by atoms with E-state index in [0.29, 0.717) is 0 Å². The van der Waals surface area contributed by atoms with Crippen LogP contribution in [0.2, 0.25) is 0 Å². The van der Waals surface area contributed by atoms with Crippen LogP contribution in [0.5, 0.6) is 0 Å². The predicted molar refractivity (Wildman–Crippen MR) is 65.1 cm³/mol. The van der Waals surface area contributed by atoms with Gasteiger partial charge in [-0.1, -0.05) is 11.8 Å². The van der Waals surface area contributed by atoms with Crippen molar-refractivity contribution in [3.8, 4) is 0 Å². The molecule has 6 nitrogen and oxygen atoms in total. The van der Waals surface area contributed by atoms with Crippen molar-refractivity contribution in [3.63, 3.8) is 0 Å². The van der Waals surface area contributed by atoms with Gasteiger partial charge in [-0.05, 0) is 6.08 Å². The van der Waals surface area contributed by atoms with Gasteiger partial charge >= 0.3 is 51.4 Å². The summed E-state index contributed by atoms with van der Waals surface area (Å²) in [5.41, 5.74) is 0. The van der Waals surface area contributed by atoms with Crippen molar-refractivity contribution in [1.29, 1.82) is 0 Å². The molecule has 19 heavy (non-hydrogen) atoms. The zero-order valence-electron chi connectivity index (χ0n) is 10.9. The van der Waals surface area contributed by atoms with E-state index in [1.807, 2.05) is 0 Å². The maximum atomic E-state index is 11.5. The van der Waals surface area contributed by atoms with Gasteiger partial charge in [0.05, 0.1) is 0 Å². The zero-order valence-corrected chi connectivity index (χ0v) is 14.9. The van der Waals surface area contributed by atoms with Crippen molar-refractivity contribution >= 4 is 36.3 Å². The molecule has 0 aliphatic carbocycles. The van der Waals surface area contributed by atoms with Gasteiger partial charge in [0.1, 0.15) is 0 Å². The topological polar surface area (TPSA) is 74.8 Å². The fourth-order valence-corrected chi connectivity index (χ4v) is 1.89. The molecule has 0 N–H and O–H groups in total. The number of amides is 4. The summed E-state index contributed by atoms with van der Waals surface area (Å²) in [4.78, 5) is 47.5. The first kappa shape index (κ1) is 19.0. The first-order chi connectivity index (χ1) is 8.38. The molecule has 0 aromatic rings. The molecule has 98 valence electrons. The van der Waals surface area contributed by atoms with E-state index in [1.165, 1.54) is 6.92 Å². The molecular weight excluding hydrogens is 295 g/mol.